The number of aromatic amines is 1. The third kappa shape index (κ3) is 14.6. The zero-order valence-electron chi connectivity index (χ0n) is 30.0. The maximum Gasteiger partial charge on any atom is 0.319 e. The first kappa shape index (κ1) is 39.8. The lowest BCUT2D eigenvalue weighted by atomic mass is 9.95. The standard InChI is InChI=1S/C19H28N6O.C17H29N3O2/c1-19(2,3)17-24-12-15(16(26)25-17)14-7-5-13(6-8-14)11-22-9-4-10-23-18(20)21;1-12(2)13-7-8-15(22-10-6-9-18)14(11-13)19-16(21)20-17(3,4)5/h5-8,12,22H,4,9-11H2,1-3H3,(H4,20,21,23)(H,24,25,26);7-8,11-12H,6,9-10,18H2,1-5H3,(H2,19,20,21). The Morgan fingerprint density at radius 1 is 1.02 bits per heavy atom. The number of nitrogens with two attached hydrogens (primary N) is 3. The summed E-state index contributed by atoms with van der Waals surface area (Å²) in [5.41, 5.74) is 19.9. The number of aromatic nitrogens is 2. The number of carbonyl (C=O) groups excluding carboxylic acids is 1. The number of nitrogens with zero attached hydrogens (tertiary/aromatic N) is 2. The molecule has 3 rings (SSSR count). The zero-order valence-corrected chi connectivity index (χ0v) is 30.0. The van der Waals surface area contributed by atoms with Gasteiger partial charge in [0.15, 0.2) is 5.96 Å². The van der Waals surface area contributed by atoms with E-state index in [9.17, 15) is 9.59 Å². The minimum Gasteiger partial charge on any atom is -0.491 e. The number of benzene rings is 2. The molecule has 0 unspecified atom stereocenters. The van der Waals surface area contributed by atoms with Crippen LogP contribution in [-0.4, -0.2) is 53.7 Å². The highest BCUT2D eigenvalue weighted by Crippen LogP contribution is 2.29. The maximum atomic E-state index is 12.4. The predicted molar refractivity (Wildman–Crippen MR) is 198 cm³/mol. The van der Waals surface area contributed by atoms with Crippen molar-refractivity contribution in [2.24, 2.45) is 22.2 Å². The van der Waals surface area contributed by atoms with Crippen molar-refractivity contribution < 1.29 is 9.53 Å². The summed E-state index contributed by atoms with van der Waals surface area (Å²) in [6, 6.07) is 13.6. The Hall–Kier alpha value is -4.42. The van der Waals surface area contributed by atoms with Crippen LogP contribution >= 0.6 is 0 Å². The van der Waals surface area contributed by atoms with Gasteiger partial charge in [0.25, 0.3) is 5.56 Å². The summed E-state index contributed by atoms with van der Waals surface area (Å²) in [6.07, 6.45) is 3.30. The van der Waals surface area contributed by atoms with E-state index in [2.05, 4.69) is 44.8 Å². The molecule has 264 valence electrons. The molecule has 2 aromatic carbocycles. The van der Waals surface area contributed by atoms with E-state index in [1.807, 2.05) is 84.0 Å². The van der Waals surface area contributed by atoms with Gasteiger partial charge in [0.05, 0.1) is 17.9 Å². The summed E-state index contributed by atoms with van der Waals surface area (Å²) in [4.78, 5) is 35.7. The van der Waals surface area contributed by atoms with Crippen LogP contribution in [0.3, 0.4) is 0 Å². The van der Waals surface area contributed by atoms with Crippen LogP contribution in [0, 0.1) is 0 Å². The van der Waals surface area contributed by atoms with Gasteiger partial charge in [-0.05, 0) is 81.4 Å². The molecule has 12 heteroatoms. The fraction of sp³-hybridized carbons (Fsp3) is 0.500. The van der Waals surface area contributed by atoms with Gasteiger partial charge in [0.1, 0.15) is 11.6 Å². The fourth-order valence-corrected chi connectivity index (χ4v) is 4.32. The van der Waals surface area contributed by atoms with Gasteiger partial charge in [-0.3, -0.25) is 9.79 Å². The second kappa shape index (κ2) is 18.8. The first-order chi connectivity index (χ1) is 22.5. The molecule has 48 heavy (non-hydrogen) atoms. The predicted octanol–water partition coefficient (Wildman–Crippen LogP) is 4.95. The Balaban J connectivity index is 0.000000339. The number of ether oxygens (including phenoxy) is 1. The second-order valence-corrected chi connectivity index (χ2v) is 14.0. The Bertz CT molecular complexity index is 1520. The van der Waals surface area contributed by atoms with Crippen LogP contribution in [0.2, 0.25) is 0 Å². The minimum atomic E-state index is -0.291. The highest BCUT2D eigenvalue weighted by atomic mass is 16.5. The van der Waals surface area contributed by atoms with E-state index < -0.39 is 0 Å². The molecule has 0 aliphatic carbocycles. The average molecular weight is 664 g/mol. The molecule has 0 bridgehead atoms. The van der Waals surface area contributed by atoms with Crippen molar-refractivity contribution in [3.8, 4) is 16.9 Å². The molecule has 0 saturated heterocycles. The van der Waals surface area contributed by atoms with Gasteiger partial charge in [0, 0.05) is 30.2 Å². The molecule has 12 nitrogen and oxygen atoms in total. The van der Waals surface area contributed by atoms with Crippen LogP contribution in [0.1, 0.15) is 91.1 Å². The normalized spacial score (nSPS) is 11.4. The van der Waals surface area contributed by atoms with Crippen molar-refractivity contribution in [2.45, 2.75) is 91.6 Å². The number of hydrogen-bond donors (Lipinski definition) is 7. The van der Waals surface area contributed by atoms with E-state index >= 15 is 0 Å². The van der Waals surface area contributed by atoms with Gasteiger partial charge in [-0.25, -0.2) is 9.78 Å². The van der Waals surface area contributed by atoms with Crippen molar-refractivity contribution in [1.29, 1.82) is 0 Å². The lowest BCUT2D eigenvalue weighted by Crippen LogP contribution is -2.43. The van der Waals surface area contributed by atoms with E-state index in [0.717, 1.165) is 42.6 Å². The molecule has 0 radical (unpaired) electrons. The number of rotatable bonds is 13. The van der Waals surface area contributed by atoms with Crippen LogP contribution in [0.4, 0.5) is 10.5 Å². The number of carbonyl (C=O) groups is 1. The number of nitrogens with one attached hydrogen (secondary N) is 4. The molecule has 3 aromatic rings. The number of anilines is 1. The molecule has 0 spiro atoms. The van der Waals surface area contributed by atoms with Gasteiger partial charge in [-0.2, -0.15) is 0 Å². The van der Waals surface area contributed by atoms with E-state index in [1.54, 1.807) is 6.20 Å². The van der Waals surface area contributed by atoms with Crippen molar-refractivity contribution in [2.75, 3.05) is 31.6 Å². The molecule has 0 fully saturated rings. The Kier molecular flexibility index (Phi) is 15.6. The first-order valence-electron chi connectivity index (χ1n) is 16.5. The third-order valence-corrected chi connectivity index (χ3v) is 6.92. The molecule has 1 heterocycles. The van der Waals surface area contributed by atoms with Crippen LogP contribution < -0.4 is 43.4 Å². The second-order valence-electron chi connectivity index (χ2n) is 14.0. The highest BCUT2D eigenvalue weighted by Gasteiger charge is 2.18. The molecular formula is C36H57N9O3. The van der Waals surface area contributed by atoms with Crippen LogP contribution in [0.15, 0.2) is 58.4 Å². The monoisotopic (exact) mass is 663 g/mol. The number of amides is 2. The van der Waals surface area contributed by atoms with Gasteiger partial charge < -0.3 is 42.9 Å². The number of guanidine groups is 1. The van der Waals surface area contributed by atoms with Crippen LogP contribution in [0.25, 0.3) is 11.1 Å². The van der Waals surface area contributed by atoms with Gasteiger partial charge in [-0.15, -0.1) is 0 Å². The molecule has 10 N–H and O–H groups in total. The zero-order chi connectivity index (χ0) is 35.9. The number of hydrogen-bond acceptors (Lipinski definition) is 7. The van der Waals surface area contributed by atoms with E-state index in [4.69, 9.17) is 21.9 Å². The summed E-state index contributed by atoms with van der Waals surface area (Å²) >= 11 is 0. The van der Waals surface area contributed by atoms with Crippen molar-refractivity contribution in [3.05, 3.63) is 76.0 Å². The summed E-state index contributed by atoms with van der Waals surface area (Å²) in [5.74, 6) is 1.86. The number of H-pyrrole nitrogens is 1. The molecule has 0 aliphatic heterocycles. The van der Waals surface area contributed by atoms with Crippen molar-refractivity contribution >= 4 is 17.7 Å². The smallest absolute Gasteiger partial charge is 0.319 e. The molecular weight excluding hydrogens is 606 g/mol. The summed E-state index contributed by atoms with van der Waals surface area (Å²) in [7, 11) is 0. The van der Waals surface area contributed by atoms with Gasteiger partial charge >= 0.3 is 6.03 Å². The van der Waals surface area contributed by atoms with Crippen LogP contribution in [0.5, 0.6) is 5.75 Å². The number of urea groups is 1. The van der Waals surface area contributed by atoms with E-state index in [-0.39, 0.29) is 28.5 Å². The lowest BCUT2D eigenvalue weighted by molar-refractivity contribution is 0.243. The van der Waals surface area contributed by atoms with E-state index in [0.29, 0.717) is 48.4 Å². The fourth-order valence-electron chi connectivity index (χ4n) is 4.32. The van der Waals surface area contributed by atoms with E-state index in [1.165, 1.54) is 0 Å². The molecule has 0 atom stereocenters. The average Bonchev–Trinajstić information content (AvgIpc) is 2.99. The molecule has 0 aliphatic rings. The minimum absolute atomic E-state index is 0.115. The first-order valence-corrected chi connectivity index (χ1v) is 16.5. The van der Waals surface area contributed by atoms with Gasteiger partial charge in [0.2, 0.25) is 0 Å². The van der Waals surface area contributed by atoms with Crippen molar-refractivity contribution in [1.82, 2.24) is 20.6 Å². The quantitative estimate of drug-likeness (QED) is 0.0757. The molecule has 0 saturated carbocycles. The number of aliphatic imine (C=N–C) groups is 1. The summed E-state index contributed by atoms with van der Waals surface area (Å²) < 4.78 is 5.72. The summed E-state index contributed by atoms with van der Waals surface area (Å²) in [5, 5.41) is 9.11. The summed E-state index contributed by atoms with van der Waals surface area (Å²) in [6.45, 7) is 19.4. The molecule has 2 amide bonds. The maximum absolute atomic E-state index is 12.4. The topological polar surface area (TPSA) is 199 Å². The third-order valence-electron chi connectivity index (χ3n) is 6.92. The SMILES string of the molecule is CC(C)(C)c1ncc(-c2ccc(CNCCCN=C(N)N)cc2)c(=O)[nH]1.CC(C)c1ccc(OCCCN)c(NC(=O)NC(C)(C)C)c1. The Morgan fingerprint density at radius 3 is 2.27 bits per heavy atom. The molecule has 1 aromatic heterocycles. The van der Waals surface area contributed by atoms with Gasteiger partial charge in [-0.1, -0.05) is 65.0 Å². The van der Waals surface area contributed by atoms with Crippen molar-refractivity contribution in [3.63, 3.8) is 0 Å². The Labute approximate surface area is 285 Å². The Morgan fingerprint density at radius 2 is 1.71 bits per heavy atom. The highest BCUT2D eigenvalue weighted by molar-refractivity contribution is 5.91. The largest absolute Gasteiger partial charge is 0.491 e. The van der Waals surface area contributed by atoms with Crippen LogP contribution in [-0.2, 0) is 12.0 Å². The lowest BCUT2D eigenvalue weighted by Gasteiger charge is -2.22.